The number of carbonyl (C=O) groups is 2. The molecule has 0 aliphatic carbocycles. The van der Waals surface area contributed by atoms with E-state index in [0.29, 0.717) is 25.5 Å². The van der Waals surface area contributed by atoms with Crippen molar-refractivity contribution in [1.82, 2.24) is 16.0 Å². The van der Waals surface area contributed by atoms with E-state index < -0.39 is 0 Å². The molecule has 0 saturated carbocycles. The molecule has 2 aromatic carbocycles. The third kappa shape index (κ3) is 8.23. The van der Waals surface area contributed by atoms with Gasteiger partial charge in [0.1, 0.15) is 0 Å². The number of rotatable bonds is 7. The fourth-order valence-electron chi connectivity index (χ4n) is 3.54. The van der Waals surface area contributed by atoms with Crippen molar-refractivity contribution in [3.8, 4) is 0 Å². The van der Waals surface area contributed by atoms with E-state index >= 15 is 0 Å². The van der Waals surface area contributed by atoms with Gasteiger partial charge in [-0.2, -0.15) is 0 Å². The van der Waals surface area contributed by atoms with E-state index in [9.17, 15) is 9.59 Å². The molecule has 1 heterocycles. The fourth-order valence-corrected chi connectivity index (χ4v) is 3.54. The van der Waals surface area contributed by atoms with Crippen LogP contribution < -0.4 is 26.6 Å². The first-order chi connectivity index (χ1) is 15.4. The van der Waals surface area contributed by atoms with Crippen molar-refractivity contribution in [2.75, 3.05) is 23.7 Å². The average molecular weight is 564 g/mol. The largest absolute Gasteiger partial charge is 0.357 e. The zero-order valence-electron chi connectivity index (χ0n) is 19.3. The Labute approximate surface area is 212 Å². The molecular formula is C24H33IN6O2. The molecule has 0 saturated heterocycles. The molecule has 1 aliphatic heterocycles. The topological polar surface area (TPSA) is 107 Å². The number of amides is 3. The maximum absolute atomic E-state index is 12.0. The van der Waals surface area contributed by atoms with E-state index in [4.69, 9.17) is 0 Å². The SMILES string of the molecule is CCNC(=NCc1ccc(NC(=O)NC(C)C)cc1)NCC1CC(=O)Nc2ccccc21.I. The normalized spacial score (nSPS) is 15.1. The summed E-state index contributed by atoms with van der Waals surface area (Å²) in [5.41, 5.74) is 3.78. The minimum absolute atomic E-state index is 0. The van der Waals surface area contributed by atoms with Gasteiger partial charge in [0, 0.05) is 42.8 Å². The van der Waals surface area contributed by atoms with E-state index in [1.165, 1.54) is 0 Å². The first-order valence-electron chi connectivity index (χ1n) is 11.0. The third-order valence-corrected chi connectivity index (χ3v) is 5.02. The minimum Gasteiger partial charge on any atom is -0.357 e. The number of para-hydroxylation sites is 1. The Morgan fingerprint density at radius 1 is 1.12 bits per heavy atom. The predicted molar refractivity (Wildman–Crippen MR) is 144 cm³/mol. The number of guanidine groups is 1. The number of benzene rings is 2. The number of nitrogens with zero attached hydrogens (tertiary/aromatic N) is 1. The van der Waals surface area contributed by atoms with Crippen LogP contribution in [0.1, 0.15) is 44.2 Å². The molecular weight excluding hydrogens is 531 g/mol. The van der Waals surface area contributed by atoms with Gasteiger partial charge in [0.15, 0.2) is 5.96 Å². The second-order valence-electron chi connectivity index (χ2n) is 8.06. The van der Waals surface area contributed by atoms with Gasteiger partial charge in [-0.05, 0) is 50.1 Å². The van der Waals surface area contributed by atoms with Gasteiger partial charge in [0.25, 0.3) is 0 Å². The Hall–Kier alpha value is -2.82. The summed E-state index contributed by atoms with van der Waals surface area (Å²) >= 11 is 0. The van der Waals surface area contributed by atoms with Gasteiger partial charge >= 0.3 is 6.03 Å². The lowest BCUT2D eigenvalue weighted by atomic mass is 9.90. The lowest BCUT2D eigenvalue weighted by molar-refractivity contribution is -0.116. The van der Waals surface area contributed by atoms with Gasteiger partial charge in [-0.25, -0.2) is 9.79 Å². The molecule has 2 aromatic rings. The summed E-state index contributed by atoms with van der Waals surface area (Å²) in [6, 6.07) is 15.4. The van der Waals surface area contributed by atoms with Crippen LogP contribution >= 0.6 is 24.0 Å². The smallest absolute Gasteiger partial charge is 0.319 e. The van der Waals surface area contributed by atoms with Crippen LogP contribution in [-0.2, 0) is 11.3 Å². The van der Waals surface area contributed by atoms with Crippen molar-refractivity contribution in [2.24, 2.45) is 4.99 Å². The second kappa shape index (κ2) is 13.0. The summed E-state index contributed by atoms with van der Waals surface area (Å²) in [7, 11) is 0. The number of aliphatic imine (C=N–C) groups is 1. The van der Waals surface area contributed by atoms with Gasteiger partial charge < -0.3 is 26.6 Å². The van der Waals surface area contributed by atoms with Crippen molar-refractivity contribution in [3.05, 3.63) is 59.7 Å². The number of urea groups is 1. The van der Waals surface area contributed by atoms with E-state index in [0.717, 1.165) is 29.0 Å². The number of fused-ring (bicyclic) bond motifs is 1. The monoisotopic (exact) mass is 564 g/mol. The first-order valence-corrected chi connectivity index (χ1v) is 11.0. The summed E-state index contributed by atoms with van der Waals surface area (Å²) in [6.07, 6.45) is 0.447. The number of nitrogens with one attached hydrogen (secondary N) is 5. The Bertz CT molecular complexity index is 962. The Morgan fingerprint density at radius 2 is 1.85 bits per heavy atom. The lowest BCUT2D eigenvalue weighted by Gasteiger charge is -2.26. The highest BCUT2D eigenvalue weighted by Crippen LogP contribution is 2.31. The number of halogens is 1. The van der Waals surface area contributed by atoms with Gasteiger partial charge in [-0.3, -0.25) is 4.79 Å². The van der Waals surface area contributed by atoms with Crippen LogP contribution in [0.2, 0.25) is 0 Å². The van der Waals surface area contributed by atoms with E-state index in [1.807, 2.05) is 63.2 Å². The maximum atomic E-state index is 12.0. The summed E-state index contributed by atoms with van der Waals surface area (Å²) in [5.74, 6) is 0.828. The number of anilines is 2. The van der Waals surface area contributed by atoms with Crippen molar-refractivity contribution in [3.63, 3.8) is 0 Å². The van der Waals surface area contributed by atoms with Crippen LogP contribution in [0.3, 0.4) is 0 Å². The quantitative estimate of drug-likeness (QED) is 0.199. The molecule has 9 heteroatoms. The highest BCUT2D eigenvalue weighted by atomic mass is 127. The standard InChI is InChI=1S/C24H32N6O2.HI/c1-4-25-23(27-15-18-13-22(31)30-21-8-6-5-7-20(18)21)26-14-17-9-11-19(12-10-17)29-24(32)28-16(2)3;/h5-12,16,18H,4,13-15H2,1-3H3,(H,30,31)(H2,25,26,27)(H2,28,29,32);1H. The van der Waals surface area contributed by atoms with Crippen LogP contribution in [0.25, 0.3) is 0 Å². The molecule has 1 atom stereocenters. The molecule has 5 N–H and O–H groups in total. The minimum atomic E-state index is -0.220. The summed E-state index contributed by atoms with van der Waals surface area (Å²) in [5, 5.41) is 15.2. The molecule has 1 aliphatic rings. The van der Waals surface area contributed by atoms with Gasteiger partial charge in [0.05, 0.1) is 6.54 Å². The van der Waals surface area contributed by atoms with Gasteiger partial charge in [0.2, 0.25) is 5.91 Å². The van der Waals surface area contributed by atoms with Crippen LogP contribution in [0.4, 0.5) is 16.2 Å². The van der Waals surface area contributed by atoms with Crippen LogP contribution in [0.15, 0.2) is 53.5 Å². The van der Waals surface area contributed by atoms with Crippen molar-refractivity contribution in [1.29, 1.82) is 0 Å². The summed E-state index contributed by atoms with van der Waals surface area (Å²) < 4.78 is 0. The van der Waals surface area contributed by atoms with Gasteiger partial charge in [-0.15, -0.1) is 24.0 Å². The average Bonchev–Trinajstić information content (AvgIpc) is 2.75. The summed E-state index contributed by atoms with van der Waals surface area (Å²) in [4.78, 5) is 28.5. The molecule has 0 aromatic heterocycles. The van der Waals surface area contributed by atoms with Crippen molar-refractivity contribution < 1.29 is 9.59 Å². The van der Waals surface area contributed by atoms with Crippen LogP contribution in [-0.4, -0.2) is 37.0 Å². The molecule has 0 spiro atoms. The fraction of sp³-hybridized carbons (Fsp3) is 0.375. The summed E-state index contributed by atoms with van der Waals surface area (Å²) in [6.45, 7) is 7.70. The van der Waals surface area contributed by atoms with Gasteiger partial charge in [-0.1, -0.05) is 30.3 Å². The Balaban J connectivity index is 0.00000385. The van der Waals surface area contributed by atoms with E-state index in [-0.39, 0.29) is 47.9 Å². The molecule has 0 radical (unpaired) electrons. The molecule has 8 nitrogen and oxygen atoms in total. The number of hydrogen-bond donors (Lipinski definition) is 5. The Morgan fingerprint density at radius 3 is 2.55 bits per heavy atom. The second-order valence-corrected chi connectivity index (χ2v) is 8.06. The highest BCUT2D eigenvalue weighted by Gasteiger charge is 2.24. The molecule has 3 rings (SSSR count). The molecule has 0 fully saturated rings. The van der Waals surface area contributed by atoms with E-state index in [2.05, 4.69) is 37.6 Å². The third-order valence-electron chi connectivity index (χ3n) is 5.02. The van der Waals surface area contributed by atoms with Crippen molar-refractivity contribution >= 4 is 53.2 Å². The zero-order chi connectivity index (χ0) is 22.9. The lowest BCUT2D eigenvalue weighted by Crippen LogP contribution is -2.40. The first kappa shape index (κ1) is 26.4. The Kier molecular flexibility index (Phi) is 10.4. The maximum Gasteiger partial charge on any atom is 0.319 e. The molecule has 33 heavy (non-hydrogen) atoms. The zero-order valence-corrected chi connectivity index (χ0v) is 21.6. The molecule has 1 unspecified atom stereocenters. The number of carbonyl (C=O) groups excluding carboxylic acids is 2. The van der Waals surface area contributed by atoms with Crippen LogP contribution in [0, 0.1) is 0 Å². The van der Waals surface area contributed by atoms with E-state index in [1.54, 1.807) is 0 Å². The molecule has 3 amide bonds. The van der Waals surface area contributed by atoms with Crippen LogP contribution in [0.5, 0.6) is 0 Å². The molecule has 178 valence electrons. The number of hydrogen-bond acceptors (Lipinski definition) is 3. The van der Waals surface area contributed by atoms with Crippen molar-refractivity contribution in [2.45, 2.75) is 45.7 Å². The predicted octanol–water partition coefficient (Wildman–Crippen LogP) is 4.02. The highest BCUT2D eigenvalue weighted by molar-refractivity contribution is 14.0. The molecule has 0 bridgehead atoms.